The van der Waals surface area contributed by atoms with Gasteiger partial charge in [-0.25, -0.2) is 17.5 Å². The van der Waals surface area contributed by atoms with Crippen molar-refractivity contribution < 1.29 is 22.4 Å². The lowest BCUT2D eigenvalue weighted by Gasteiger charge is -2.31. The first-order valence-corrected chi connectivity index (χ1v) is 14.1. The largest absolute Gasteiger partial charge is 0.357 e. The molecule has 1 aliphatic rings. The predicted octanol–water partition coefficient (Wildman–Crippen LogP) is 3.59. The minimum Gasteiger partial charge on any atom is -0.357 e. The molecule has 0 aliphatic heterocycles. The van der Waals surface area contributed by atoms with E-state index in [4.69, 9.17) is 0 Å². The van der Waals surface area contributed by atoms with Crippen molar-refractivity contribution in [3.63, 3.8) is 0 Å². The fourth-order valence-electron chi connectivity index (χ4n) is 4.23. The minimum absolute atomic E-state index is 0.0218. The number of amides is 2. The maximum atomic E-state index is 13.6. The number of nitrogens with one attached hydrogen (secondary N) is 2. The molecule has 3 aromatic rings. The molecular formula is C29H32FN3O4S. The average molecular weight is 538 g/mol. The molecular weight excluding hydrogens is 505 g/mol. The van der Waals surface area contributed by atoms with Gasteiger partial charge in [0, 0.05) is 32.5 Å². The first-order valence-electron chi connectivity index (χ1n) is 12.7. The molecule has 0 unspecified atom stereocenters. The van der Waals surface area contributed by atoms with E-state index in [1.807, 2.05) is 30.3 Å². The summed E-state index contributed by atoms with van der Waals surface area (Å²) in [5.74, 6) is -0.899. The highest BCUT2D eigenvalue weighted by molar-refractivity contribution is 7.89. The topological polar surface area (TPSA) is 95.6 Å². The molecule has 2 N–H and O–H groups in total. The van der Waals surface area contributed by atoms with E-state index in [2.05, 4.69) is 10.0 Å². The van der Waals surface area contributed by atoms with Gasteiger partial charge in [0.2, 0.25) is 21.8 Å². The molecule has 2 amide bonds. The first kappa shape index (κ1) is 27.5. The molecule has 9 heteroatoms. The van der Waals surface area contributed by atoms with Crippen molar-refractivity contribution >= 4 is 21.8 Å². The quantitative estimate of drug-likeness (QED) is 0.369. The molecule has 7 nitrogen and oxygen atoms in total. The van der Waals surface area contributed by atoms with Gasteiger partial charge in [0.1, 0.15) is 11.9 Å². The van der Waals surface area contributed by atoms with E-state index >= 15 is 0 Å². The van der Waals surface area contributed by atoms with Gasteiger partial charge in [-0.1, -0.05) is 54.6 Å². The van der Waals surface area contributed by atoms with Crippen LogP contribution >= 0.6 is 0 Å². The van der Waals surface area contributed by atoms with E-state index in [0.717, 1.165) is 24.0 Å². The summed E-state index contributed by atoms with van der Waals surface area (Å²) in [6.45, 7) is 0.147. The Labute approximate surface area is 223 Å². The van der Waals surface area contributed by atoms with Gasteiger partial charge < -0.3 is 10.2 Å². The van der Waals surface area contributed by atoms with E-state index < -0.39 is 16.1 Å². The van der Waals surface area contributed by atoms with Crippen LogP contribution in [0.3, 0.4) is 0 Å². The molecule has 4 rings (SSSR count). The SMILES string of the molecule is CNC(=O)[C@H](Cc1ccccc1)N(Cc1ccc(F)cc1)C(=O)CCc1ccc(S(=O)(=O)NC2CC2)cc1. The van der Waals surface area contributed by atoms with Crippen molar-refractivity contribution in [3.8, 4) is 0 Å². The van der Waals surface area contributed by atoms with E-state index in [1.54, 1.807) is 36.4 Å². The van der Waals surface area contributed by atoms with E-state index in [9.17, 15) is 22.4 Å². The number of halogens is 1. The molecule has 1 fully saturated rings. The molecule has 0 bridgehead atoms. The van der Waals surface area contributed by atoms with E-state index in [0.29, 0.717) is 18.4 Å². The molecule has 0 radical (unpaired) electrons. The number of carbonyl (C=O) groups excluding carboxylic acids is 2. The lowest BCUT2D eigenvalue weighted by molar-refractivity contribution is -0.141. The highest BCUT2D eigenvalue weighted by Gasteiger charge is 2.30. The summed E-state index contributed by atoms with van der Waals surface area (Å²) < 4.78 is 41.0. The Bertz CT molecular complexity index is 1340. The van der Waals surface area contributed by atoms with Gasteiger partial charge in [0.15, 0.2) is 0 Å². The fraction of sp³-hybridized carbons (Fsp3) is 0.310. The second-order valence-corrected chi connectivity index (χ2v) is 11.2. The molecule has 38 heavy (non-hydrogen) atoms. The van der Waals surface area contributed by atoms with E-state index in [1.165, 1.54) is 24.1 Å². The lowest BCUT2D eigenvalue weighted by Crippen LogP contribution is -2.49. The van der Waals surface area contributed by atoms with Crippen LogP contribution in [0.5, 0.6) is 0 Å². The zero-order valence-corrected chi connectivity index (χ0v) is 22.1. The Morgan fingerprint density at radius 2 is 1.55 bits per heavy atom. The molecule has 1 atom stereocenters. The molecule has 200 valence electrons. The fourth-order valence-corrected chi connectivity index (χ4v) is 5.53. The number of hydrogen-bond acceptors (Lipinski definition) is 4. The second kappa shape index (κ2) is 12.3. The average Bonchev–Trinajstić information content (AvgIpc) is 3.74. The maximum absolute atomic E-state index is 13.6. The summed E-state index contributed by atoms with van der Waals surface area (Å²) in [6, 6.07) is 21.1. The smallest absolute Gasteiger partial charge is 0.242 e. The van der Waals surface area contributed by atoms with Crippen molar-refractivity contribution in [1.29, 1.82) is 0 Å². The summed E-state index contributed by atoms with van der Waals surface area (Å²) in [5, 5.41) is 2.67. The normalized spacial score (nSPS) is 14.1. The standard InChI is InChI=1S/C29H32FN3O4S/c1-31-29(35)27(19-22-5-3-2-4-6-22)33(20-23-7-12-24(30)13-8-23)28(34)18-11-21-9-16-26(17-10-21)38(36,37)32-25-14-15-25/h2-10,12-13,16-17,25,27,32H,11,14-15,18-20H2,1H3,(H,31,35)/t27-/m0/s1. The van der Waals surface area contributed by atoms with Crippen LogP contribution in [0, 0.1) is 5.82 Å². The van der Waals surface area contributed by atoms with Crippen molar-refractivity contribution in [2.45, 2.75) is 55.6 Å². The van der Waals surface area contributed by atoms with Gasteiger partial charge >= 0.3 is 0 Å². The Hall–Kier alpha value is -3.56. The number of benzene rings is 3. The summed E-state index contributed by atoms with van der Waals surface area (Å²) in [5.41, 5.74) is 2.43. The van der Waals surface area contributed by atoms with E-state index in [-0.39, 0.29) is 41.5 Å². The Kier molecular flexibility index (Phi) is 8.91. The van der Waals surface area contributed by atoms with Crippen LogP contribution in [0.4, 0.5) is 4.39 Å². The van der Waals surface area contributed by atoms with Crippen molar-refractivity contribution in [2.75, 3.05) is 7.05 Å². The minimum atomic E-state index is -3.55. The van der Waals surface area contributed by atoms with Crippen molar-refractivity contribution in [3.05, 3.63) is 101 Å². The van der Waals surface area contributed by atoms with Crippen LogP contribution in [0.1, 0.15) is 36.0 Å². The Balaban J connectivity index is 1.51. The third-order valence-electron chi connectivity index (χ3n) is 6.54. The summed E-state index contributed by atoms with van der Waals surface area (Å²) >= 11 is 0. The number of carbonyl (C=O) groups is 2. The third-order valence-corrected chi connectivity index (χ3v) is 8.08. The number of rotatable bonds is 12. The third kappa shape index (κ3) is 7.49. The number of aryl methyl sites for hydroxylation is 1. The zero-order valence-electron chi connectivity index (χ0n) is 21.3. The maximum Gasteiger partial charge on any atom is 0.242 e. The summed E-state index contributed by atoms with van der Waals surface area (Å²) in [4.78, 5) is 28.3. The van der Waals surface area contributed by atoms with Crippen molar-refractivity contribution in [2.24, 2.45) is 0 Å². The number of nitrogens with zero attached hydrogens (tertiary/aromatic N) is 1. The van der Waals surface area contributed by atoms with Crippen LogP contribution < -0.4 is 10.0 Å². The van der Waals surface area contributed by atoms with Gasteiger partial charge in [-0.3, -0.25) is 9.59 Å². The number of hydrogen-bond donors (Lipinski definition) is 2. The van der Waals surface area contributed by atoms with Gasteiger partial charge in [-0.15, -0.1) is 0 Å². The Morgan fingerprint density at radius 1 is 0.921 bits per heavy atom. The van der Waals surface area contributed by atoms with Crippen LogP contribution in [0.15, 0.2) is 83.8 Å². The van der Waals surface area contributed by atoms with Crippen LogP contribution in [-0.4, -0.2) is 44.3 Å². The molecule has 1 saturated carbocycles. The molecule has 0 aromatic heterocycles. The monoisotopic (exact) mass is 537 g/mol. The van der Waals surface area contributed by atoms with Crippen LogP contribution in [0.2, 0.25) is 0 Å². The van der Waals surface area contributed by atoms with Gasteiger partial charge in [0.25, 0.3) is 0 Å². The first-order chi connectivity index (χ1) is 18.2. The number of sulfonamides is 1. The van der Waals surface area contributed by atoms with Gasteiger partial charge in [0.05, 0.1) is 4.90 Å². The highest BCUT2D eigenvalue weighted by atomic mass is 32.2. The van der Waals surface area contributed by atoms with Crippen molar-refractivity contribution in [1.82, 2.24) is 14.9 Å². The summed E-state index contributed by atoms with van der Waals surface area (Å²) in [7, 11) is -2.01. The molecule has 0 heterocycles. The van der Waals surface area contributed by atoms with Gasteiger partial charge in [-0.2, -0.15) is 0 Å². The second-order valence-electron chi connectivity index (χ2n) is 9.51. The van der Waals surface area contributed by atoms with Crippen LogP contribution in [0.25, 0.3) is 0 Å². The lowest BCUT2D eigenvalue weighted by atomic mass is 10.0. The summed E-state index contributed by atoms with van der Waals surface area (Å²) in [6.07, 6.45) is 2.54. The predicted molar refractivity (Wildman–Crippen MR) is 143 cm³/mol. The zero-order chi connectivity index (χ0) is 27.1. The molecule has 0 spiro atoms. The molecule has 3 aromatic carbocycles. The Morgan fingerprint density at radius 3 is 2.16 bits per heavy atom. The molecule has 0 saturated heterocycles. The van der Waals surface area contributed by atoms with Gasteiger partial charge in [-0.05, 0) is 60.2 Å². The van der Waals surface area contributed by atoms with Crippen LogP contribution in [-0.2, 0) is 39.0 Å². The highest BCUT2D eigenvalue weighted by Crippen LogP contribution is 2.23. The number of likely N-dealkylation sites (N-methyl/N-ethyl adjacent to an activating group) is 1. The molecule has 1 aliphatic carbocycles.